The molecule has 0 spiro atoms. The Balaban J connectivity index is 0. The molecule has 0 atom stereocenters. The third-order valence-corrected chi connectivity index (χ3v) is 3.34. The number of hydrogen-bond donors (Lipinski definition) is 0. The lowest BCUT2D eigenvalue weighted by molar-refractivity contribution is -0.923. The number of rotatable bonds is 6. The predicted octanol–water partition coefficient (Wildman–Crippen LogP) is 3.23. The van der Waals surface area contributed by atoms with Gasteiger partial charge in [0.2, 0.25) is 0 Å². The normalized spacial score (nSPS) is 11.0. The van der Waals surface area contributed by atoms with Gasteiger partial charge in [-0.05, 0) is 20.8 Å². The van der Waals surface area contributed by atoms with Gasteiger partial charge in [-0.15, -0.1) is 17.0 Å². The maximum absolute atomic E-state index is 3.48. The van der Waals surface area contributed by atoms with Crippen molar-refractivity contribution in [2.75, 3.05) is 31.5 Å². The Kier molecular flexibility index (Phi) is 10.9. The molecule has 1 nitrogen and oxygen atoms in total. The first kappa shape index (κ1) is 15.4. The molecule has 0 aliphatic carbocycles. The van der Waals surface area contributed by atoms with Crippen molar-refractivity contribution >= 4 is 32.9 Å². The molecule has 0 aromatic rings. The van der Waals surface area contributed by atoms with Crippen molar-refractivity contribution in [1.29, 1.82) is 0 Å². The summed E-state index contributed by atoms with van der Waals surface area (Å²) in [6, 6.07) is 0. The molecule has 76 valence electrons. The minimum absolute atomic E-state index is 0. The van der Waals surface area contributed by atoms with Crippen LogP contribution in [0.15, 0.2) is 0 Å². The molecular formula is C9H22Br2N+. The highest BCUT2D eigenvalue weighted by molar-refractivity contribution is 9.09. The molecule has 3 heteroatoms. The molecule has 0 fully saturated rings. The lowest BCUT2D eigenvalue weighted by Crippen LogP contribution is -2.48. The van der Waals surface area contributed by atoms with Crippen molar-refractivity contribution in [1.82, 2.24) is 0 Å². The number of halogens is 2. The lowest BCUT2D eigenvalue weighted by Gasteiger charge is -2.35. The van der Waals surface area contributed by atoms with Gasteiger partial charge in [-0.2, -0.15) is 0 Å². The van der Waals surface area contributed by atoms with Crippen molar-refractivity contribution in [2.24, 2.45) is 0 Å². The number of alkyl halides is 1. The van der Waals surface area contributed by atoms with E-state index in [1.807, 2.05) is 0 Å². The highest BCUT2D eigenvalue weighted by Crippen LogP contribution is 2.07. The highest BCUT2D eigenvalue weighted by Gasteiger charge is 2.18. The summed E-state index contributed by atoms with van der Waals surface area (Å²) in [6.07, 6.45) is 1.30. The van der Waals surface area contributed by atoms with Crippen LogP contribution in [0.25, 0.3) is 0 Å². The SMILES string of the molecule is Br.CC[N+](CC)(CC)CCCBr. The first-order valence-electron chi connectivity index (χ1n) is 4.65. The fourth-order valence-corrected chi connectivity index (χ4v) is 1.79. The maximum Gasteiger partial charge on any atom is 0.0794 e. The van der Waals surface area contributed by atoms with E-state index in [0.29, 0.717) is 0 Å². The van der Waals surface area contributed by atoms with E-state index < -0.39 is 0 Å². The van der Waals surface area contributed by atoms with E-state index in [2.05, 4.69) is 36.7 Å². The smallest absolute Gasteiger partial charge is 0.0794 e. The molecule has 0 aromatic heterocycles. The summed E-state index contributed by atoms with van der Waals surface area (Å²) in [7, 11) is 0. The second-order valence-corrected chi connectivity index (χ2v) is 3.85. The van der Waals surface area contributed by atoms with E-state index in [-0.39, 0.29) is 17.0 Å². The Morgan fingerprint density at radius 3 is 1.67 bits per heavy atom. The standard InChI is InChI=1S/C9H21BrN.BrH/c1-4-11(5-2,6-3)9-7-8-10;/h4-9H2,1-3H3;1H/q+1;. The van der Waals surface area contributed by atoms with Gasteiger partial charge in [0.25, 0.3) is 0 Å². The van der Waals surface area contributed by atoms with Crippen molar-refractivity contribution in [3.63, 3.8) is 0 Å². The first-order chi connectivity index (χ1) is 5.24. The van der Waals surface area contributed by atoms with Gasteiger partial charge < -0.3 is 4.48 Å². The molecule has 0 rings (SSSR count). The zero-order valence-electron chi connectivity index (χ0n) is 8.48. The summed E-state index contributed by atoms with van der Waals surface area (Å²) in [5.41, 5.74) is 0. The molecule has 0 saturated carbocycles. The molecule has 0 N–H and O–H groups in total. The molecule has 0 amide bonds. The van der Waals surface area contributed by atoms with E-state index in [4.69, 9.17) is 0 Å². The van der Waals surface area contributed by atoms with Gasteiger partial charge >= 0.3 is 0 Å². The minimum Gasteiger partial charge on any atom is -0.324 e. The van der Waals surface area contributed by atoms with Crippen molar-refractivity contribution in [2.45, 2.75) is 27.2 Å². The van der Waals surface area contributed by atoms with Crippen LogP contribution in [0.1, 0.15) is 27.2 Å². The van der Waals surface area contributed by atoms with Gasteiger partial charge in [0.15, 0.2) is 0 Å². The summed E-state index contributed by atoms with van der Waals surface area (Å²) in [5.74, 6) is 0. The predicted molar refractivity (Wildman–Crippen MR) is 65.5 cm³/mol. The van der Waals surface area contributed by atoms with Crippen LogP contribution >= 0.6 is 32.9 Å². The molecule has 0 heterocycles. The van der Waals surface area contributed by atoms with Crippen molar-refractivity contribution < 1.29 is 4.48 Å². The number of quaternary nitrogens is 1. The van der Waals surface area contributed by atoms with Crippen LogP contribution in [0.4, 0.5) is 0 Å². The molecule has 0 aliphatic rings. The molecule has 0 bridgehead atoms. The van der Waals surface area contributed by atoms with Gasteiger partial charge in [0.05, 0.1) is 26.2 Å². The molecule has 12 heavy (non-hydrogen) atoms. The average Bonchev–Trinajstić information content (AvgIpc) is 2.08. The summed E-state index contributed by atoms with van der Waals surface area (Å²) in [4.78, 5) is 0. The summed E-state index contributed by atoms with van der Waals surface area (Å²) < 4.78 is 1.28. The van der Waals surface area contributed by atoms with Crippen LogP contribution in [-0.4, -0.2) is 36.0 Å². The van der Waals surface area contributed by atoms with Crippen LogP contribution in [0.3, 0.4) is 0 Å². The fourth-order valence-electron chi connectivity index (χ4n) is 1.54. The van der Waals surface area contributed by atoms with Crippen molar-refractivity contribution in [3.05, 3.63) is 0 Å². The molecule has 0 aliphatic heterocycles. The molecule has 0 saturated heterocycles. The van der Waals surface area contributed by atoms with E-state index in [9.17, 15) is 0 Å². The van der Waals surface area contributed by atoms with Crippen LogP contribution in [-0.2, 0) is 0 Å². The van der Waals surface area contributed by atoms with Crippen LogP contribution in [0, 0.1) is 0 Å². The summed E-state index contributed by atoms with van der Waals surface area (Å²) >= 11 is 3.48. The molecule has 0 unspecified atom stereocenters. The van der Waals surface area contributed by atoms with E-state index >= 15 is 0 Å². The van der Waals surface area contributed by atoms with Gasteiger partial charge in [0.1, 0.15) is 0 Å². The average molecular weight is 304 g/mol. The van der Waals surface area contributed by atoms with Crippen LogP contribution in [0.2, 0.25) is 0 Å². The fraction of sp³-hybridized carbons (Fsp3) is 1.00. The Morgan fingerprint density at radius 1 is 1.00 bits per heavy atom. The third kappa shape index (κ3) is 4.83. The van der Waals surface area contributed by atoms with Crippen molar-refractivity contribution in [3.8, 4) is 0 Å². The van der Waals surface area contributed by atoms with Gasteiger partial charge in [-0.25, -0.2) is 0 Å². The zero-order chi connectivity index (χ0) is 8.74. The van der Waals surface area contributed by atoms with Crippen LogP contribution in [0.5, 0.6) is 0 Å². The Bertz CT molecular complexity index is 84.3. The topological polar surface area (TPSA) is 0 Å². The third-order valence-electron chi connectivity index (χ3n) is 2.78. The Hall–Kier alpha value is 0.920. The Morgan fingerprint density at radius 2 is 1.42 bits per heavy atom. The number of hydrogen-bond acceptors (Lipinski definition) is 0. The van der Waals surface area contributed by atoms with Crippen LogP contribution < -0.4 is 0 Å². The quantitative estimate of drug-likeness (QED) is 0.522. The number of nitrogens with zero attached hydrogens (tertiary/aromatic N) is 1. The van der Waals surface area contributed by atoms with E-state index in [1.54, 1.807) is 0 Å². The van der Waals surface area contributed by atoms with Gasteiger partial charge in [-0.1, -0.05) is 15.9 Å². The minimum atomic E-state index is 0. The maximum atomic E-state index is 3.48. The largest absolute Gasteiger partial charge is 0.324 e. The lowest BCUT2D eigenvalue weighted by atomic mass is 10.3. The monoisotopic (exact) mass is 302 g/mol. The zero-order valence-corrected chi connectivity index (χ0v) is 11.8. The second-order valence-electron chi connectivity index (χ2n) is 3.06. The highest BCUT2D eigenvalue weighted by atomic mass is 79.9. The van der Waals surface area contributed by atoms with E-state index in [1.165, 1.54) is 37.1 Å². The van der Waals surface area contributed by atoms with E-state index in [0.717, 1.165) is 5.33 Å². The molecule has 0 radical (unpaired) electrons. The molecule has 0 aromatic carbocycles. The summed E-state index contributed by atoms with van der Waals surface area (Å²) in [6.45, 7) is 12.0. The first-order valence-corrected chi connectivity index (χ1v) is 5.77. The van der Waals surface area contributed by atoms with Gasteiger partial charge in [-0.3, -0.25) is 0 Å². The summed E-state index contributed by atoms with van der Waals surface area (Å²) in [5, 5.41) is 1.15. The van der Waals surface area contributed by atoms with Gasteiger partial charge in [0, 0.05) is 11.8 Å². The Labute approximate surface area is 96.0 Å². The molecular weight excluding hydrogens is 282 g/mol. The second kappa shape index (κ2) is 8.52.